The molecule has 96 valence electrons. The Morgan fingerprint density at radius 1 is 1.19 bits per heavy atom. The minimum atomic E-state index is 0.834. The maximum Gasteiger partial charge on any atom is 0.0117 e. The Balaban J connectivity index is 2.03. The molecule has 0 aliphatic carbocycles. The smallest absolute Gasteiger partial charge is 0.0117 e. The van der Waals surface area contributed by atoms with Crippen LogP contribution >= 0.6 is 0 Å². The molecule has 1 N–H and O–H groups in total. The molecule has 0 radical (unpaired) electrons. The van der Waals surface area contributed by atoms with Crippen molar-refractivity contribution >= 4 is 0 Å². The molecule has 0 aromatic carbocycles. The monoisotopic (exact) mass is 227 g/mol. The van der Waals surface area contributed by atoms with Gasteiger partial charge in [-0.05, 0) is 73.0 Å². The van der Waals surface area contributed by atoms with Crippen LogP contribution < -0.4 is 5.32 Å². The molecule has 0 atom stereocenters. The lowest BCUT2D eigenvalue weighted by atomic mass is 10.0. The van der Waals surface area contributed by atoms with Gasteiger partial charge in [-0.2, -0.15) is 0 Å². The summed E-state index contributed by atoms with van der Waals surface area (Å²) in [5.74, 6) is 0. The van der Waals surface area contributed by atoms with E-state index in [4.69, 9.17) is 0 Å². The quantitative estimate of drug-likeness (QED) is 0.663. The van der Waals surface area contributed by atoms with Crippen molar-refractivity contribution < 1.29 is 0 Å². The Morgan fingerprint density at radius 2 is 1.88 bits per heavy atom. The van der Waals surface area contributed by atoms with Crippen LogP contribution in [0.15, 0.2) is 0 Å². The van der Waals surface area contributed by atoms with Gasteiger partial charge in [0.1, 0.15) is 0 Å². The summed E-state index contributed by atoms with van der Waals surface area (Å²) in [6, 6.07) is 0.834. The van der Waals surface area contributed by atoms with E-state index in [2.05, 4.69) is 29.2 Å². The molecule has 1 heterocycles. The second-order valence-corrected chi connectivity index (χ2v) is 5.18. The van der Waals surface area contributed by atoms with Crippen LogP contribution in [0.2, 0.25) is 0 Å². The first kappa shape index (κ1) is 13.9. The molecule has 1 rings (SSSR count). The van der Waals surface area contributed by atoms with Crippen LogP contribution in [0.25, 0.3) is 0 Å². The Morgan fingerprint density at radius 3 is 2.50 bits per heavy atom. The van der Waals surface area contributed by atoms with E-state index in [0.717, 1.165) is 12.6 Å². The molecule has 3 heteroatoms. The number of hydrogen-bond acceptors (Lipinski definition) is 3. The second kappa shape index (κ2) is 8.04. The summed E-state index contributed by atoms with van der Waals surface area (Å²) >= 11 is 0. The lowest BCUT2D eigenvalue weighted by Gasteiger charge is -2.35. The summed E-state index contributed by atoms with van der Waals surface area (Å²) in [5, 5.41) is 3.20. The average molecular weight is 227 g/mol. The van der Waals surface area contributed by atoms with Crippen molar-refractivity contribution in [3.8, 4) is 0 Å². The number of nitrogens with zero attached hydrogens (tertiary/aromatic N) is 2. The second-order valence-electron chi connectivity index (χ2n) is 5.18. The largest absolute Gasteiger partial charge is 0.320 e. The summed E-state index contributed by atoms with van der Waals surface area (Å²) in [7, 11) is 6.56. The summed E-state index contributed by atoms with van der Waals surface area (Å²) in [6.45, 7) is 4.99. The number of likely N-dealkylation sites (tertiary alicyclic amines) is 1. The lowest BCUT2D eigenvalue weighted by molar-refractivity contribution is 0.142. The third-order valence-corrected chi connectivity index (χ3v) is 3.75. The lowest BCUT2D eigenvalue weighted by Crippen LogP contribution is -2.42. The first-order valence-corrected chi connectivity index (χ1v) is 6.77. The van der Waals surface area contributed by atoms with Crippen LogP contribution in [0.5, 0.6) is 0 Å². The van der Waals surface area contributed by atoms with Gasteiger partial charge < -0.3 is 15.1 Å². The van der Waals surface area contributed by atoms with Gasteiger partial charge in [-0.1, -0.05) is 6.42 Å². The van der Waals surface area contributed by atoms with Crippen LogP contribution in [-0.4, -0.2) is 63.2 Å². The topological polar surface area (TPSA) is 18.5 Å². The van der Waals surface area contributed by atoms with Crippen LogP contribution in [0.3, 0.4) is 0 Å². The molecule has 1 saturated heterocycles. The van der Waals surface area contributed by atoms with Crippen molar-refractivity contribution in [1.29, 1.82) is 0 Å². The van der Waals surface area contributed by atoms with Crippen molar-refractivity contribution in [2.45, 2.75) is 38.1 Å². The fraction of sp³-hybridized carbons (Fsp3) is 1.00. The van der Waals surface area contributed by atoms with Gasteiger partial charge >= 0.3 is 0 Å². The molecule has 1 aliphatic heterocycles. The third-order valence-electron chi connectivity index (χ3n) is 3.75. The maximum atomic E-state index is 3.20. The fourth-order valence-electron chi connectivity index (χ4n) is 2.46. The highest BCUT2D eigenvalue weighted by Crippen LogP contribution is 2.14. The van der Waals surface area contributed by atoms with E-state index in [1.54, 1.807) is 0 Å². The summed E-state index contributed by atoms with van der Waals surface area (Å²) in [4.78, 5) is 5.02. The van der Waals surface area contributed by atoms with Crippen molar-refractivity contribution in [1.82, 2.24) is 15.1 Å². The molecule has 0 aromatic rings. The average Bonchev–Trinajstić information content (AvgIpc) is 2.29. The van der Waals surface area contributed by atoms with Crippen LogP contribution in [0, 0.1) is 0 Å². The molecular weight excluding hydrogens is 198 g/mol. The molecule has 0 bridgehead atoms. The first-order valence-electron chi connectivity index (χ1n) is 6.77. The van der Waals surface area contributed by atoms with Gasteiger partial charge in [0.05, 0.1) is 0 Å². The Hall–Kier alpha value is -0.120. The van der Waals surface area contributed by atoms with Crippen LogP contribution in [-0.2, 0) is 0 Å². The van der Waals surface area contributed by atoms with E-state index in [-0.39, 0.29) is 0 Å². The third kappa shape index (κ3) is 5.28. The summed E-state index contributed by atoms with van der Waals surface area (Å²) in [6.07, 6.45) is 6.73. The Bertz CT molecular complexity index is 165. The van der Waals surface area contributed by atoms with E-state index in [1.807, 2.05) is 7.05 Å². The summed E-state index contributed by atoms with van der Waals surface area (Å²) < 4.78 is 0. The van der Waals surface area contributed by atoms with Crippen LogP contribution in [0.4, 0.5) is 0 Å². The highest BCUT2D eigenvalue weighted by Gasteiger charge is 2.19. The van der Waals surface area contributed by atoms with Crippen LogP contribution in [0.1, 0.15) is 32.1 Å². The fourth-order valence-corrected chi connectivity index (χ4v) is 2.46. The molecule has 0 amide bonds. The molecule has 0 saturated carbocycles. The molecular formula is C13H29N3. The Kier molecular flexibility index (Phi) is 7.01. The van der Waals surface area contributed by atoms with Crippen molar-refractivity contribution in [2.75, 3.05) is 47.3 Å². The van der Waals surface area contributed by atoms with Gasteiger partial charge in [-0.25, -0.2) is 0 Å². The number of unbranched alkanes of at least 4 members (excludes halogenated alkanes) is 2. The maximum absolute atomic E-state index is 3.20. The number of rotatable bonds is 7. The number of nitrogens with one attached hydrogen (secondary N) is 1. The van der Waals surface area contributed by atoms with Gasteiger partial charge in [0.15, 0.2) is 0 Å². The highest BCUT2D eigenvalue weighted by molar-refractivity contribution is 4.76. The molecule has 3 nitrogen and oxygen atoms in total. The summed E-state index contributed by atoms with van der Waals surface area (Å²) in [5.41, 5.74) is 0. The minimum Gasteiger partial charge on any atom is -0.320 e. The number of hydrogen-bond donors (Lipinski definition) is 1. The van der Waals surface area contributed by atoms with Gasteiger partial charge in [-0.15, -0.1) is 0 Å². The van der Waals surface area contributed by atoms with E-state index in [9.17, 15) is 0 Å². The zero-order valence-corrected chi connectivity index (χ0v) is 11.3. The van der Waals surface area contributed by atoms with Gasteiger partial charge in [0.25, 0.3) is 0 Å². The highest BCUT2D eigenvalue weighted by atomic mass is 15.2. The van der Waals surface area contributed by atoms with Gasteiger partial charge in [-0.3, -0.25) is 0 Å². The normalized spacial score (nSPS) is 19.5. The predicted octanol–water partition coefficient (Wildman–Crippen LogP) is 1.40. The molecule has 16 heavy (non-hydrogen) atoms. The molecule has 0 spiro atoms. The van der Waals surface area contributed by atoms with E-state index < -0.39 is 0 Å². The van der Waals surface area contributed by atoms with Gasteiger partial charge in [0, 0.05) is 6.04 Å². The zero-order chi connectivity index (χ0) is 11.8. The van der Waals surface area contributed by atoms with E-state index in [0.29, 0.717) is 0 Å². The SMILES string of the molecule is CNCCCCCN(C)C1CCN(C)CC1. The standard InChI is InChI=1S/C13H29N3/c1-14-9-5-4-6-10-16(3)13-7-11-15(2)12-8-13/h13-14H,4-12H2,1-3H3. The van der Waals surface area contributed by atoms with Crippen molar-refractivity contribution in [2.24, 2.45) is 0 Å². The Labute approximate surface area is 101 Å². The van der Waals surface area contributed by atoms with E-state index >= 15 is 0 Å². The van der Waals surface area contributed by atoms with Crippen molar-refractivity contribution in [3.63, 3.8) is 0 Å². The molecule has 1 aliphatic rings. The predicted molar refractivity (Wildman–Crippen MR) is 70.9 cm³/mol. The molecule has 1 fully saturated rings. The molecule has 0 unspecified atom stereocenters. The molecule has 0 aromatic heterocycles. The van der Waals surface area contributed by atoms with Gasteiger partial charge in [0.2, 0.25) is 0 Å². The first-order chi connectivity index (χ1) is 7.74. The minimum absolute atomic E-state index is 0.834. The van der Waals surface area contributed by atoms with Crippen molar-refractivity contribution in [3.05, 3.63) is 0 Å². The number of piperidine rings is 1. The zero-order valence-electron chi connectivity index (χ0n) is 11.3. The van der Waals surface area contributed by atoms with E-state index in [1.165, 1.54) is 51.7 Å².